The van der Waals surface area contributed by atoms with Crippen molar-refractivity contribution < 1.29 is 19.1 Å². The fourth-order valence-electron chi connectivity index (χ4n) is 5.11. The Morgan fingerprint density at radius 2 is 2.03 bits per heavy atom. The van der Waals surface area contributed by atoms with Crippen LogP contribution in [-0.4, -0.2) is 67.1 Å². The van der Waals surface area contributed by atoms with E-state index in [-0.39, 0.29) is 17.7 Å². The monoisotopic (exact) mass is 442 g/mol. The Morgan fingerprint density at radius 3 is 2.77 bits per heavy atom. The van der Waals surface area contributed by atoms with Gasteiger partial charge in [0.15, 0.2) is 6.29 Å². The fraction of sp³-hybridized carbons (Fsp3) is 0.542. The molecule has 2 fully saturated rings. The summed E-state index contributed by atoms with van der Waals surface area (Å²) in [6, 6.07) is 7.58. The molecule has 6 nitrogen and oxygen atoms in total. The highest BCUT2D eigenvalue weighted by Crippen LogP contribution is 2.30. The largest absolute Gasteiger partial charge is 0.354 e. The normalized spacial score (nSPS) is 25.3. The van der Waals surface area contributed by atoms with Gasteiger partial charge in [-0.15, -0.1) is 0 Å². The number of carbonyl (C=O) groups excluding carboxylic acids is 2. The molecule has 166 valence electrons. The summed E-state index contributed by atoms with van der Waals surface area (Å²) in [4.78, 5) is 29.0. The third kappa shape index (κ3) is 4.51. The van der Waals surface area contributed by atoms with E-state index in [1.807, 2.05) is 12.1 Å². The lowest BCUT2D eigenvalue weighted by Gasteiger charge is -2.32. The van der Waals surface area contributed by atoms with E-state index < -0.39 is 18.2 Å². The number of nitrogens with one attached hydrogen (secondary N) is 1. The van der Waals surface area contributed by atoms with E-state index in [1.165, 1.54) is 16.7 Å². The number of methoxy groups -OCH3 is 2. The summed E-state index contributed by atoms with van der Waals surface area (Å²) in [5, 5.41) is 3.20. The van der Waals surface area contributed by atoms with Gasteiger partial charge in [0.05, 0.1) is 12.0 Å². The first-order chi connectivity index (χ1) is 15.0. The fourth-order valence-corrected chi connectivity index (χ4v) is 5.46. The minimum atomic E-state index is -0.593. The number of thiocarbonyl (C=S) groups is 1. The van der Waals surface area contributed by atoms with Gasteiger partial charge in [0.2, 0.25) is 5.91 Å². The van der Waals surface area contributed by atoms with Crippen molar-refractivity contribution in [2.75, 3.05) is 27.3 Å². The van der Waals surface area contributed by atoms with Crippen LogP contribution in [-0.2, 0) is 25.5 Å². The second kappa shape index (κ2) is 9.69. The predicted molar refractivity (Wildman–Crippen MR) is 123 cm³/mol. The van der Waals surface area contributed by atoms with Gasteiger partial charge in [-0.25, -0.2) is 0 Å². The summed E-state index contributed by atoms with van der Waals surface area (Å²) in [7, 11) is 3.17. The molecule has 4 rings (SSSR count). The Kier molecular flexibility index (Phi) is 6.96. The summed E-state index contributed by atoms with van der Waals surface area (Å²) in [5.74, 6) is -0.569. The molecule has 7 heteroatoms. The molecule has 31 heavy (non-hydrogen) atoms. The van der Waals surface area contributed by atoms with Gasteiger partial charge in [-0.2, -0.15) is 0 Å². The van der Waals surface area contributed by atoms with Crippen LogP contribution < -0.4 is 5.32 Å². The molecular weight excluding hydrogens is 412 g/mol. The van der Waals surface area contributed by atoms with Gasteiger partial charge < -0.3 is 19.7 Å². The molecule has 1 N–H and O–H groups in total. The summed E-state index contributed by atoms with van der Waals surface area (Å²) < 4.78 is 10.8. The van der Waals surface area contributed by atoms with E-state index >= 15 is 0 Å². The molecule has 0 spiro atoms. The molecule has 1 unspecified atom stereocenters. The van der Waals surface area contributed by atoms with Gasteiger partial charge in [-0.05, 0) is 36.8 Å². The zero-order valence-electron chi connectivity index (χ0n) is 18.1. The van der Waals surface area contributed by atoms with E-state index in [0.29, 0.717) is 30.8 Å². The Balaban J connectivity index is 1.41. The standard InChI is InChI=1S/C24H30N2O4S/c1-29-24(30-2)18-8-5-11-26(18)23(28)22-21(20(31)14-25-22)19(27)10-9-15-12-16-6-3-4-7-17(16)13-15/h3-4,6-7,12,18,21-22,24-25H,5,8-11,13-14H2,1-2H3/t18-,21?,22-/m0/s1. The number of carbonyl (C=O) groups is 2. The van der Waals surface area contributed by atoms with E-state index in [0.717, 1.165) is 19.3 Å². The van der Waals surface area contributed by atoms with Crippen molar-refractivity contribution in [2.45, 2.75) is 50.5 Å². The number of rotatable bonds is 8. The van der Waals surface area contributed by atoms with E-state index in [1.54, 1.807) is 19.1 Å². The number of allylic oxidation sites excluding steroid dienone is 1. The lowest BCUT2D eigenvalue weighted by atomic mass is 9.90. The minimum Gasteiger partial charge on any atom is -0.354 e. The number of amides is 1. The highest BCUT2D eigenvalue weighted by Gasteiger charge is 2.46. The number of ketones is 1. The summed E-state index contributed by atoms with van der Waals surface area (Å²) in [6.07, 6.45) is 5.43. The lowest BCUT2D eigenvalue weighted by molar-refractivity contribution is -0.159. The molecule has 1 aliphatic carbocycles. The highest BCUT2D eigenvalue weighted by atomic mass is 32.1. The van der Waals surface area contributed by atoms with Gasteiger partial charge in [-0.3, -0.25) is 9.59 Å². The van der Waals surface area contributed by atoms with Crippen molar-refractivity contribution in [3.63, 3.8) is 0 Å². The number of likely N-dealkylation sites (tertiary alicyclic amines) is 1. The van der Waals surface area contributed by atoms with E-state index in [2.05, 4.69) is 23.5 Å². The first-order valence-corrected chi connectivity index (χ1v) is 11.4. The van der Waals surface area contributed by atoms with Crippen LogP contribution in [0.15, 0.2) is 29.8 Å². The molecule has 3 aliphatic rings. The minimum absolute atomic E-state index is 0.0518. The molecular formula is C24H30N2O4S. The van der Waals surface area contributed by atoms with Crippen molar-refractivity contribution >= 4 is 34.8 Å². The zero-order chi connectivity index (χ0) is 22.0. The van der Waals surface area contributed by atoms with Crippen molar-refractivity contribution in [2.24, 2.45) is 5.92 Å². The summed E-state index contributed by atoms with van der Waals surface area (Å²) in [5.41, 5.74) is 3.81. The van der Waals surface area contributed by atoms with Crippen LogP contribution in [0.5, 0.6) is 0 Å². The average Bonchev–Trinajstić information content (AvgIpc) is 3.50. The number of ether oxygens (including phenoxy) is 2. The van der Waals surface area contributed by atoms with Gasteiger partial charge in [-0.1, -0.05) is 48.1 Å². The van der Waals surface area contributed by atoms with E-state index in [4.69, 9.17) is 21.7 Å². The molecule has 1 aromatic carbocycles. The molecule has 0 aromatic heterocycles. The number of nitrogens with zero attached hydrogens (tertiary/aromatic N) is 1. The Morgan fingerprint density at radius 1 is 1.26 bits per heavy atom. The maximum atomic E-state index is 13.4. The smallest absolute Gasteiger partial charge is 0.241 e. The van der Waals surface area contributed by atoms with Crippen molar-refractivity contribution in [3.8, 4) is 0 Å². The number of Topliss-reactive ketones (excluding diaryl/α,β-unsaturated/α-hetero) is 1. The number of hydrogen-bond donors (Lipinski definition) is 1. The maximum Gasteiger partial charge on any atom is 0.241 e. The molecule has 1 aromatic rings. The Bertz CT molecular complexity index is 895. The summed E-state index contributed by atoms with van der Waals surface area (Å²) in [6.45, 7) is 1.07. The highest BCUT2D eigenvalue weighted by molar-refractivity contribution is 7.80. The second-order valence-electron chi connectivity index (χ2n) is 8.53. The van der Waals surface area contributed by atoms with Crippen molar-refractivity contribution in [1.82, 2.24) is 10.2 Å². The Labute approximate surface area is 189 Å². The lowest BCUT2D eigenvalue weighted by Crippen LogP contribution is -2.53. The van der Waals surface area contributed by atoms with Crippen molar-refractivity contribution in [1.29, 1.82) is 0 Å². The molecule has 0 saturated carbocycles. The molecule has 1 amide bonds. The number of benzene rings is 1. The third-order valence-corrected chi connectivity index (χ3v) is 7.07. The molecule has 2 saturated heterocycles. The van der Waals surface area contributed by atoms with Crippen molar-refractivity contribution in [3.05, 3.63) is 41.0 Å². The molecule has 0 radical (unpaired) electrons. The maximum absolute atomic E-state index is 13.4. The first-order valence-electron chi connectivity index (χ1n) is 11.0. The SMILES string of the molecule is COC(OC)[C@@H]1CCCN1C(=O)[C@H]1NCC(=S)C1C(=O)CCC1=Cc2ccccc2C1. The summed E-state index contributed by atoms with van der Waals surface area (Å²) >= 11 is 5.50. The van der Waals surface area contributed by atoms with Gasteiger partial charge >= 0.3 is 0 Å². The number of fused-ring (bicyclic) bond motifs is 1. The molecule has 2 heterocycles. The van der Waals surface area contributed by atoms with E-state index in [9.17, 15) is 9.59 Å². The average molecular weight is 443 g/mol. The van der Waals surface area contributed by atoms with Crippen LogP contribution in [0.3, 0.4) is 0 Å². The molecule has 2 aliphatic heterocycles. The Hall–Kier alpha value is -1.93. The molecule has 3 atom stereocenters. The van der Waals surface area contributed by atoms with Crippen LogP contribution in [0, 0.1) is 5.92 Å². The van der Waals surface area contributed by atoms with Gasteiger partial charge in [0, 0.05) is 38.6 Å². The first kappa shape index (κ1) is 22.3. The van der Waals surface area contributed by atoms with Crippen LogP contribution >= 0.6 is 12.2 Å². The van der Waals surface area contributed by atoms with Crippen LogP contribution in [0.4, 0.5) is 0 Å². The van der Waals surface area contributed by atoms with Crippen LogP contribution in [0.1, 0.15) is 36.8 Å². The predicted octanol–water partition coefficient (Wildman–Crippen LogP) is 2.54. The van der Waals surface area contributed by atoms with Crippen LogP contribution in [0.25, 0.3) is 6.08 Å². The third-order valence-electron chi connectivity index (χ3n) is 6.68. The van der Waals surface area contributed by atoms with Gasteiger partial charge in [0.1, 0.15) is 11.8 Å². The molecule has 0 bridgehead atoms. The van der Waals surface area contributed by atoms with Gasteiger partial charge in [0.25, 0.3) is 0 Å². The van der Waals surface area contributed by atoms with Crippen LogP contribution in [0.2, 0.25) is 0 Å². The second-order valence-corrected chi connectivity index (χ2v) is 9.05. The zero-order valence-corrected chi connectivity index (χ0v) is 19.0. The number of hydrogen-bond acceptors (Lipinski definition) is 6. The topological polar surface area (TPSA) is 67.9 Å². The quantitative estimate of drug-likeness (QED) is 0.493.